The third-order valence-electron chi connectivity index (χ3n) is 4.64. The Morgan fingerprint density at radius 2 is 2.00 bits per heavy atom. The van der Waals surface area contributed by atoms with Gasteiger partial charge in [-0.1, -0.05) is 50.0 Å². The van der Waals surface area contributed by atoms with Crippen LogP contribution < -0.4 is 5.32 Å². The van der Waals surface area contributed by atoms with Crippen molar-refractivity contribution in [3.8, 4) is 0 Å². The summed E-state index contributed by atoms with van der Waals surface area (Å²) < 4.78 is 11.6. The molecule has 5 heteroatoms. The first-order chi connectivity index (χ1) is 11.5. The lowest BCUT2D eigenvalue weighted by atomic mass is 9.87. The van der Waals surface area contributed by atoms with Crippen molar-refractivity contribution in [1.29, 1.82) is 0 Å². The van der Waals surface area contributed by atoms with E-state index < -0.39 is 14.2 Å². The Balaban J connectivity index is 1.76. The summed E-state index contributed by atoms with van der Waals surface area (Å²) >= 11 is 0. The van der Waals surface area contributed by atoms with Gasteiger partial charge in [-0.3, -0.25) is 0 Å². The normalized spacial score (nSPS) is 23.2. The van der Waals surface area contributed by atoms with Crippen LogP contribution >= 0.6 is 0 Å². The molecule has 0 radical (unpaired) electrons. The molecule has 3 atom stereocenters. The molecule has 1 aromatic carbocycles. The van der Waals surface area contributed by atoms with Gasteiger partial charge in [0.1, 0.15) is 6.79 Å². The Hall–Kier alpha value is -0.723. The molecular formula is C19H33NO3Si. The molecular weight excluding hydrogens is 318 g/mol. The smallest absolute Gasteiger partial charge is 0.147 e. The van der Waals surface area contributed by atoms with Crippen LogP contribution in [0.5, 0.6) is 0 Å². The molecule has 0 spiro atoms. The zero-order valence-electron chi connectivity index (χ0n) is 15.3. The molecule has 136 valence electrons. The predicted molar refractivity (Wildman–Crippen MR) is 101 cm³/mol. The van der Waals surface area contributed by atoms with Crippen molar-refractivity contribution in [3.63, 3.8) is 0 Å². The molecule has 24 heavy (non-hydrogen) atoms. The molecule has 1 aromatic rings. The minimum absolute atomic E-state index is 0.115. The number of aliphatic hydroxyl groups excluding tert-OH is 1. The summed E-state index contributed by atoms with van der Waals surface area (Å²) in [4.78, 5) is 0. The summed E-state index contributed by atoms with van der Waals surface area (Å²) in [6.07, 6.45) is 1.46. The van der Waals surface area contributed by atoms with Gasteiger partial charge in [0.15, 0.2) is 0 Å². The van der Waals surface area contributed by atoms with Gasteiger partial charge in [-0.2, -0.15) is 0 Å². The number of rotatable bonds is 9. The number of nitrogens with one attached hydrogen (secondary N) is 1. The van der Waals surface area contributed by atoms with Crippen molar-refractivity contribution in [2.75, 3.05) is 26.5 Å². The molecule has 1 aliphatic rings. The first-order valence-electron chi connectivity index (χ1n) is 9.09. The lowest BCUT2D eigenvalue weighted by Crippen LogP contribution is -2.43. The van der Waals surface area contributed by atoms with Crippen LogP contribution in [0.3, 0.4) is 0 Å². The van der Waals surface area contributed by atoms with Crippen molar-refractivity contribution in [3.05, 3.63) is 35.9 Å². The number of hydrogen-bond donors (Lipinski definition) is 2. The maximum absolute atomic E-state index is 10.5. The Labute approximate surface area is 147 Å². The Kier molecular flexibility index (Phi) is 7.91. The molecule has 1 fully saturated rings. The molecule has 0 aliphatic carbocycles. The van der Waals surface area contributed by atoms with Gasteiger partial charge in [0.25, 0.3) is 0 Å². The maximum atomic E-state index is 10.5. The van der Waals surface area contributed by atoms with Crippen LogP contribution in [0.25, 0.3) is 0 Å². The zero-order valence-corrected chi connectivity index (χ0v) is 16.3. The van der Waals surface area contributed by atoms with Crippen LogP contribution in [0.15, 0.2) is 30.3 Å². The van der Waals surface area contributed by atoms with E-state index >= 15 is 0 Å². The van der Waals surface area contributed by atoms with Crippen LogP contribution in [0.1, 0.15) is 24.5 Å². The highest BCUT2D eigenvalue weighted by atomic mass is 28.3. The van der Waals surface area contributed by atoms with E-state index in [1.165, 1.54) is 0 Å². The largest absolute Gasteiger partial charge is 0.388 e. The van der Waals surface area contributed by atoms with Crippen molar-refractivity contribution in [2.24, 2.45) is 5.92 Å². The third kappa shape index (κ3) is 7.03. The van der Waals surface area contributed by atoms with Gasteiger partial charge < -0.3 is 19.9 Å². The highest BCUT2D eigenvalue weighted by Crippen LogP contribution is 2.28. The summed E-state index contributed by atoms with van der Waals surface area (Å²) in [6, 6.07) is 11.1. The molecule has 0 amide bonds. The van der Waals surface area contributed by atoms with Crippen molar-refractivity contribution < 1.29 is 14.6 Å². The number of ether oxygens (including phenoxy) is 2. The number of benzene rings is 1. The van der Waals surface area contributed by atoms with Gasteiger partial charge in [-0.05, 0) is 36.9 Å². The maximum Gasteiger partial charge on any atom is 0.147 e. The van der Waals surface area contributed by atoms with E-state index in [4.69, 9.17) is 9.47 Å². The predicted octanol–water partition coefficient (Wildman–Crippen LogP) is 3.42. The summed E-state index contributed by atoms with van der Waals surface area (Å²) in [5.41, 5.74) is 0.987. The third-order valence-corrected chi connectivity index (χ3v) is 6.34. The van der Waals surface area contributed by atoms with E-state index in [2.05, 4.69) is 25.0 Å². The molecule has 1 aliphatic heterocycles. The fourth-order valence-electron chi connectivity index (χ4n) is 3.02. The van der Waals surface area contributed by atoms with E-state index in [1.54, 1.807) is 0 Å². The summed E-state index contributed by atoms with van der Waals surface area (Å²) in [5.74, 6) is 0.363. The van der Waals surface area contributed by atoms with Crippen molar-refractivity contribution in [2.45, 2.75) is 50.7 Å². The Morgan fingerprint density at radius 1 is 1.25 bits per heavy atom. The van der Waals surface area contributed by atoms with Gasteiger partial charge in [0.05, 0.1) is 12.2 Å². The van der Waals surface area contributed by atoms with Crippen LogP contribution in [0.2, 0.25) is 25.7 Å². The van der Waals surface area contributed by atoms with Crippen molar-refractivity contribution >= 4 is 8.07 Å². The second-order valence-corrected chi connectivity index (χ2v) is 13.6. The highest BCUT2D eigenvalue weighted by Gasteiger charge is 2.28. The number of hydrogen-bond acceptors (Lipinski definition) is 4. The second-order valence-electron chi connectivity index (χ2n) is 7.96. The SMILES string of the molecule is C[Si](C)(C)CCOCOC1CNCCC1CC(O)c1ccccc1. The fraction of sp³-hybridized carbons (Fsp3) is 0.684. The summed E-state index contributed by atoms with van der Waals surface area (Å²) in [6.45, 7) is 10.0. The molecule has 1 saturated heterocycles. The minimum atomic E-state index is -1.05. The van der Waals surface area contributed by atoms with Gasteiger partial charge in [-0.25, -0.2) is 0 Å². The first-order valence-corrected chi connectivity index (χ1v) is 12.8. The minimum Gasteiger partial charge on any atom is -0.388 e. The topological polar surface area (TPSA) is 50.7 Å². The van der Waals surface area contributed by atoms with E-state index in [-0.39, 0.29) is 6.10 Å². The van der Waals surface area contributed by atoms with Gasteiger partial charge in [0.2, 0.25) is 0 Å². The second kappa shape index (κ2) is 9.68. The molecule has 1 heterocycles. The van der Waals surface area contributed by atoms with Gasteiger partial charge in [0, 0.05) is 21.2 Å². The summed E-state index contributed by atoms with van der Waals surface area (Å²) in [5, 5.41) is 13.9. The first kappa shape index (κ1) is 19.6. The number of aliphatic hydroxyl groups is 1. The zero-order chi connectivity index (χ0) is 17.4. The van der Waals surface area contributed by atoms with Crippen LogP contribution in [-0.2, 0) is 9.47 Å². The van der Waals surface area contributed by atoms with E-state index in [0.29, 0.717) is 12.7 Å². The fourth-order valence-corrected chi connectivity index (χ4v) is 3.78. The molecule has 0 aromatic heterocycles. The monoisotopic (exact) mass is 351 g/mol. The van der Waals surface area contributed by atoms with Crippen LogP contribution in [-0.4, -0.2) is 45.8 Å². The standard InChI is InChI=1S/C19H33NO3Si/c1-24(2,3)12-11-22-15-23-19-14-20-10-9-17(19)13-18(21)16-7-5-4-6-8-16/h4-8,17-21H,9-15H2,1-3H3. The Bertz CT molecular complexity index is 463. The molecule has 0 bridgehead atoms. The lowest BCUT2D eigenvalue weighted by molar-refractivity contribution is -0.113. The van der Waals surface area contributed by atoms with Crippen molar-refractivity contribution in [1.82, 2.24) is 5.32 Å². The van der Waals surface area contributed by atoms with E-state index in [0.717, 1.165) is 44.1 Å². The Morgan fingerprint density at radius 3 is 2.71 bits per heavy atom. The molecule has 0 saturated carbocycles. The van der Waals surface area contributed by atoms with Gasteiger partial charge >= 0.3 is 0 Å². The average Bonchev–Trinajstić information content (AvgIpc) is 2.56. The average molecular weight is 352 g/mol. The van der Waals surface area contributed by atoms with Gasteiger partial charge in [-0.15, -0.1) is 0 Å². The number of piperidine rings is 1. The molecule has 3 unspecified atom stereocenters. The highest BCUT2D eigenvalue weighted by molar-refractivity contribution is 6.76. The quantitative estimate of drug-likeness (QED) is 0.407. The molecule has 2 rings (SSSR count). The lowest BCUT2D eigenvalue weighted by Gasteiger charge is -2.33. The molecule has 4 nitrogen and oxygen atoms in total. The molecule has 2 N–H and O–H groups in total. The van der Waals surface area contributed by atoms with E-state index in [9.17, 15) is 5.11 Å². The van der Waals surface area contributed by atoms with Crippen LogP contribution in [0, 0.1) is 5.92 Å². The van der Waals surface area contributed by atoms with Crippen LogP contribution in [0.4, 0.5) is 0 Å². The summed E-state index contributed by atoms with van der Waals surface area (Å²) in [7, 11) is -1.05. The van der Waals surface area contributed by atoms with E-state index in [1.807, 2.05) is 30.3 Å².